The van der Waals surface area contributed by atoms with Crippen LogP contribution in [0.2, 0.25) is 0 Å². The Bertz CT molecular complexity index is 933. The number of hydrogen-bond acceptors (Lipinski definition) is 4. The molecular formula is C39H77NO8P2. The summed E-state index contributed by atoms with van der Waals surface area (Å²) in [6, 6.07) is 0. The topological polar surface area (TPSA) is 145 Å². The third-order valence-electron chi connectivity index (χ3n) is 9.21. The molecule has 0 bridgehead atoms. The highest BCUT2D eigenvalue weighted by molar-refractivity contribution is 7.52. The number of hydrogen-bond donors (Lipinski definition) is 4. The molecule has 4 N–H and O–H groups in total. The average Bonchev–Trinajstić information content (AvgIpc) is 3.06. The van der Waals surface area contributed by atoms with Crippen molar-refractivity contribution in [2.24, 2.45) is 0 Å². The van der Waals surface area contributed by atoms with Crippen LogP contribution in [0.1, 0.15) is 181 Å². The summed E-state index contributed by atoms with van der Waals surface area (Å²) in [5.74, 6) is -0.338. The molecule has 11 heteroatoms. The summed E-state index contributed by atoms with van der Waals surface area (Å²) in [5.41, 5.74) is -1.24. The minimum atomic E-state index is -4.61. The summed E-state index contributed by atoms with van der Waals surface area (Å²) >= 11 is 0. The number of allylic oxidation sites excluding steroid dienone is 4. The molecule has 0 rings (SSSR count). The van der Waals surface area contributed by atoms with E-state index in [2.05, 4.69) is 38.2 Å². The Morgan fingerprint density at radius 2 is 1.06 bits per heavy atom. The number of nitrogens with zero attached hydrogens (tertiary/aromatic N) is 1. The molecule has 0 heterocycles. The smallest absolute Gasteiger partial charge is 0.332 e. The van der Waals surface area contributed by atoms with Crippen LogP contribution >= 0.6 is 15.2 Å². The molecule has 0 aromatic carbocycles. The van der Waals surface area contributed by atoms with Gasteiger partial charge in [-0.15, -0.1) is 0 Å². The highest BCUT2D eigenvalue weighted by Crippen LogP contribution is 2.42. The third-order valence-corrected chi connectivity index (χ3v) is 11.3. The minimum Gasteiger partial charge on any atom is -0.380 e. The van der Waals surface area contributed by atoms with Crippen LogP contribution in [0.3, 0.4) is 0 Å². The molecule has 1 atom stereocenters. The molecule has 1 unspecified atom stereocenters. The summed E-state index contributed by atoms with van der Waals surface area (Å²) in [5, 5.41) is 0. The van der Waals surface area contributed by atoms with E-state index in [1.54, 1.807) is 0 Å². The SMILES string of the molecule is CCCCC/C=C\C/C=C\CCCCCCCC(=O)N(CCP(=O)(O)O)CC(COCCCCCCCCCCCCCCCC)P(=O)(O)O. The maximum absolute atomic E-state index is 13.0. The lowest BCUT2D eigenvalue weighted by molar-refractivity contribution is -0.131. The molecule has 9 nitrogen and oxygen atoms in total. The molecule has 0 aromatic heterocycles. The van der Waals surface area contributed by atoms with E-state index in [0.717, 1.165) is 64.2 Å². The van der Waals surface area contributed by atoms with Crippen LogP contribution in [-0.2, 0) is 18.7 Å². The van der Waals surface area contributed by atoms with Crippen molar-refractivity contribution in [1.82, 2.24) is 4.90 Å². The Hall–Kier alpha value is -0.790. The molecule has 1 amide bonds. The van der Waals surface area contributed by atoms with Crippen molar-refractivity contribution in [1.29, 1.82) is 0 Å². The van der Waals surface area contributed by atoms with Gasteiger partial charge in [0.2, 0.25) is 5.91 Å². The van der Waals surface area contributed by atoms with E-state index in [1.807, 2.05) is 0 Å². The summed E-state index contributed by atoms with van der Waals surface area (Å²) < 4.78 is 29.5. The zero-order chi connectivity index (χ0) is 37.2. The Balaban J connectivity index is 4.35. The van der Waals surface area contributed by atoms with Crippen LogP contribution in [0.25, 0.3) is 0 Å². The van der Waals surface area contributed by atoms with Crippen molar-refractivity contribution in [3.8, 4) is 0 Å². The maximum Gasteiger partial charge on any atom is 0.332 e. The van der Waals surface area contributed by atoms with Crippen molar-refractivity contribution in [2.75, 3.05) is 32.5 Å². The van der Waals surface area contributed by atoms with Gasteiger partial charge in [0.25, 0.3) is 0 Å². The summed E-state index contributed by atoms with van der Waals surface area (Å²) in [4.78, 5) is 53.1. The lowest BCUT2D eigenvalue weighted by Gasteiger charge is -2.28. The fourth-order valence-electron chi connectivity index (χ4n) is 5.94. The second-order valence-electron chi connectivity index (χ2n) is 14.1. The molecule has 0 aliphatic rings. The van der Waals surface area contributed by atoms with E-state index >= 15 is 0 Å². The van der Waals surface area contributed by atoms with Crippen LogP contribution < -0.4 is 0 Å². The molecule has 0 aliphatic heterocycles. The van der Waals surface area contributed by atoms with Gasteiger partial charge in [0.15, 0.2) is 0 Å². The molecule has 0 spiro atoms. The van der Waals surface area contributed by atoms with Crippen LogP contribution in [-0.4, -0.2) is 68.5 Å². The monoisotopic (exact) mass is 750 g/mol. The van der Waals surface area contributed by atoms with Crippen LogP contribution in [0.4, 0.5) is 0 Å². The minimum absolute atomic E-state index is 0.180. The quantitative estimate of drug-likeness (QED) is 0.0279. The Kier molecular flexibility index (Phi) is 33.5. The first kappa shape index (κ1) is 49.2. The second-order valence-corrected chi connectivity index (χ2v) is 17.8. The lowest BCUT2D eigenvalue weighted by atomic mass is 10.0. The first-order valence-electron chi connectivity index (χ1n) is 20.3. The van der Waals surface area contributed by atoms with Crippen molar-refractivity contribution < 1.29 is 38.2 Å². The highest BCUT2D eigenvalue weighted by Gasteiger charge is 2.33. The van der Waals surface area contributed by atoms with Gasteiger partial charge in [-0.3, -0.25) is 13.9 Å². The van der Waals surface area contributed by atoms with Gasteiger partial charge in [-0.1, -0.05) is 154 Å². The predicted molar refractivity (Wildman–Crippen MR) is 210 cm³/mol. The molecule has 0 aromatic rings. The zero-order valence-electron chi connectivity index (χ0n) is 32.1. The van der Waals surface area contributed by atoms with E-state index in [1.165, 1.54) is 94.8 Å². The number of carbonyl (C=O) groups is 1. The summed E-state index contributed by atoms with van der Waals surface area (Å²) in [6.45, 7) is 4.10. The fourth-order valence-corrected chi connectivity index (χ4v) is 7.15. The second kappa shape index (κ2) is 34.0. The molecule has 0 saturated heterocycles. The Labute approximate surface area is 306 Å². The standard InChI is InChI=1S/C39H77NO8P2/c1-3-5-7-9-11-13-15-17-19-20-22-24-26-28-30-32-39(41)40(33-35-49(42,43)44)36-38(50(45,46)47)37-48-34-31-29-27-25-23-21-18-16-14-12-10-8-6-4-2/h11,13,17,19,38H,3-10,12,14-16,18,20-37H2,1-2H3,(H2,42,43,44)(H2,45,46,47)/b13-11-,19-17-. The van der Waals surface area contributed by atoms with E-state index in [-0.39, 0.29) is 32.0 Å². The van der Waals surface area contributed by atoms with Crippen LogP contribution in [0, 0.1) is 0 Å². The van der Waals surface area contributed by atoms with E-state index in [0.29, 0.717) is 13.0 Å². The van der Waals surface area contributed by atoms with Gasteiger partial charge in [-0.2, -0.15) is 0 Å². The predicted octanol–water partition coefficient (Wildman–Crippen LogP) is 10.9. The molecule has 50 heavy (non-hydrogen) atoms. The van der Waals surface area contributed by atoms with Gasteiger partial charge in [0.1, 0.15) is 5.66 Å². The van der Waals surface area contributed by atoms with Gasteiger partial charge < -0.3 is 29.2 Å². The maximum atomic E-state index is 13.0. The number of ether oxygens (including phenoxy) is 1. The Morgan fingerprint density at radius 1 is 0.620 bits per heavy atom. The number of unbranched alkanes of at least 4 members (excludes halogenated alkanes) is 21. The van der Waals surface area contributed by atoms with Crippen molar-refractivity contribution in [3.05, 3.63) is 24.3 Å². The lowest BCUT2D eigenvalue weighted by Crippen LogP contribution is -2.40. The van der Waals surface area contributed by atoms with E-state index in [4.69, 9.17) is 4.74 Å². The van der Waals surface area contributed by atoms with E-state index in [9.17, 15) is 33.5 Å². The molecule has 0 aliphatic carbocycles. The summed E-state index contributed by atoms with van der Waals surface area (Å²) in [6.07, 6.45) is 37.5. The molecule has 0 fully saturated rings. The molecular weight excluding hydrogens is 672 g/mol. The van der Waals surface area contributed by atoms with Gasteiger partial charge in [-0.05, 0) is 44.9 Å². The Morgan fingerprint density at radius 3 is 1.56 bits per heavy atom. The van der Waals surface area contributed by atoms with Gasteiger partial charge in [0.05, 0.1) is 12.8 Å². The number of carbonyl (C=O) groups excluding carboxylic acids is 1. The van der Waals surface area contributed by atoms with Gasteiger partial charge >= 0.3 is 15.2 Å². The van der Waals surface area contributed by atoms with Crippen molar-refractivity contribution in [3.63, 3.8) is 0 Å². The van der Waals surface area contributed by atoms with E-state index < -0.39 is 27.0 Å². The first-order chi connectivity index (χ1) is 24.0. The third kappa shape index (κ3) is 34.3. The zero-order valence-corrected chi connectivity index (χ0v) is 33.9. The first-order valence-corrected chi connectivity index (χ1v) is 23.7. The fraction of sp³-hybridized carbons (Fsp3) is 0.872. The average molecular weight is 750 g/mol. The van der Waals surface area contributed by atoms with Gasteiger partial charge in [-0.25, -0.2) is 0 Å². The molecule has 0 radical (unpaired) electrons. The highest BCUT2D eigenvalue weighted by atomic mass is 31.2. The van der Waals surface area contributed by atoms with Crippen molar-refractivity contribution >= 4 is 21.1 Å². The van der Waals surface area contributed by atoms with Crippen LogP contribution in [0.15, 0.2) is 24.3 Å². The largest absolute Gasteiger partial charge is 0.380 e. The number of amides is 1. The molecule has 296 valence electrons. The van der Waals surface area contributed by atoms with Crippen LogP contribution in [0.5, 0.6) is 0 Å². The van der Waals surface area contributed by atoms with Gasteiger partial charge in [0, 0.05) is 26.1 Å². The summed E-state index contributed by atoms with van der Waals surface area (Å²) in [7, 11) is -9.00. The normalized spacial score (nSPS) is 13.2. The number of rotatable bonds is 37. The van der Waals surface area contributed by atoms with Crippen molar-refractivity contribution in [2.45, 2.75) is 186 Å². The molecule has 0 saturated carbocycles.